The lowest BCUT2D eigenvalue weighted by Gasteiger charge is -2.13. The SMILES string of the molecule is COc1ccccc1CC1=CC=CNS1(=O)=O. The van der Waals surface area contributed by atoms with Crippen molar-refractivity contribution >= 4 is 10.0 Å². The van der Waals surface area contributed by atoms with E-state index in [1.165, 1.54) is 6.20 Å². The minimum atomic E-state index is -3.38. The number of para-hydroxylation sites is 1. The zero-order valence-corrected chi connectivity index (χ0v) is 10.2. The van der Waals surface area contributed by atoms with Gasteiger partial charge in [0.15, 0.2) is 0 Å². The van der Waals surface area contributed by atoms with E-state index in [0.29, 0.717) is 17.1 Å². The zero-order valence-electron chi connectivity index (χ0n) is 9.38. The van der Waals surface area contributed by atoms with Crippen LogP contribution < -0.4 is 9.46 Å². The van der Waals surface area contributed by atoms with Gasteiger partial charge in [0.25, 0.3) is 10.0 Å². The predicted molar refractivity (Wildman–Crippen MR) is 66.0 cm³/mol. The molecule has 1 N–H and O–H groups in total. The number of ether oxygens (including phenoxy) is 1. The fourth-order valence-corrected chi connectivity index (χ4v) is 2.65. The Kier molecular flexibility index (Phi) is 3.19. The molecule has 0 amide bonds. The molecule has 0 spiro atoms. The average molecular weight is 251 g/mol. The molecule has 1 heterocycles. The highest BCUT2D eigenvalue weighted by Gasteiger charge is 2.19. The van der Waals surface area contributed by atoms with E-state index in [0.717, 1.165) is 5.56 Å². The van der Waals surface area contributed by atoms with Crippen molar-refractivity contribution in [2.45, 2.75) is 6.42 Å². The first-order valence-electron chi connectivity index (χ1n) is 5.13. The Bertz CT molecular complexity index is 573. The fourth-order valence-electron chi connectivity index (χ4n) is 1.64. The molecule has 0 unspecified atom stereocenters. The summed E-state index contributed by atoms with van der Waals surface area (Å²) in [7, 11) is -1.81. The average Bonchev–Trinajstić information content (AvgIpc) is 2.32. The van der Waals surface area contributed by atoms with Crippen molar-refractivity contribution in [1.29, 1.82) is 0 Å². The molecule has 1 aromatic carbocycles. The summed E-state index contributed by atoms with van der Waals surface area (Å²) < 4.78 is 31.0. The third kappa shape index (κ3) is 2.50. The zero-order chi connectivity index (χ0) is 12.3. The first-order chi connectivity index (χ1) is 8.13. The predicted octanol–water partition coefficient (Wildman–Crippen LogP) is 1.57. The number of rotatable bonds is 3. The molecular weight excluding hydrogens is 238 g/mol. The van der Waals surface area contributed by atoms with Gasteiger partial charge in [0.05, 0.1) is 12.0 Å². The number of allylic oxidation sites excluding steroid dienone is 3. The Morgan fingerprint density at radius 2 is 2.06 bits per heavy atom. The van der Waals surface area contributed by atoms with Gasteiger partial charge in [-0.1, -0.05) is 18.2 Å². The fraction of sp³-hybridized carbons (Fsp3) is 0.167. The molecule has 90 valence electrons. The maximum absolute atomic E-state index is 11.7. The van der Waals surface area contributed by atoms with Gasteiger partial charge < -0.3 is 4.74 Å². The summed E-state index contributed by atoms with van der Waals surface area (Å²) >= 11 is 0. The number of benzene rings is 1. The van der Waals surface area contributed by atoms with Crippen LogP contribution in [0.4, 0.5) is 0 Å². The molecule has 0 saturated carbocycles. The van der Waals surface area contributed by atoms with E-state index in [-0.39, 0.29) is 0 Å². The Morgan fingerprint density at radius 1 is 1.29 bits per heavy atom. The van der Waals surface area contributed by atoms with Crippen LogP contribution in [0.5, 0.6) is 5.75 Å². The van der Waals surface area contributed by atoms with Gasteiger partial charge >= 0.3 is 0 Å². The number of nitrogens with one attached hydrogen (secondary N) is 1. The molecule has 1 aromatic rings. The number of methoxy groups -OCH3 is 1. The van der Waals surface area contributed by atoms with Crippen LogP contribution in [0.3, 0.4) is 0 Å². The summed E-state index contributed by atoms with van der Waals surface area (Å²) in [6.07, 6.45) is 4.99. The van der Waals surface area contributed by atoms with Crippen LogP contribution in [0.25, 0.3) is 0 Å². The van der Waals surface area contributed by atoms with Crippen LogP contribution in [-0.2, 0) is 16.4 Å². The topological polar surface area (TPSA) is 55.4 Å². The second-order valence-electron chi connectivity index (χ2n) is 3.60. The summed E-state index contributed by atoms with van der Waals surface area (Å²) in [5.41, 5.74) is 0.849. The molecule has 0 radical (unpaired) electrons. The van der Waals surface area contributed by atoms with Crippen molar-refractivity contribution in [2.24, 2.45) is 0 Å². The molecule has 1 aliphatic heterocycles. The second kappa shape index (κ2) is 4.63. The minimum absolute atomic E-state index is 0.323. The number of sulfonamides is 1. The maximum atomic E-state index is 11.7. The summed E-state index contributed by atoms with van der Waals surface area (Å²) in [5, 5.41) is 0. The normalized spacial score (nSPS) is 17.1. The largest absolute Gasteiger partial charge is 0.496 e. The Labute approximate surface area is 101 Å². The lowest BCUT2D eigenvalue weighted by atomic mass is 10.1. The van der Waals surface area contributed by atoms with Crippen LogP contribution in [0.1, 0.15) is 5.56 Å². The van der Waals surface area contributed by atoms with E-state index in [1.807, 2.05) is 24.3 Å². The third-order valence-corrected chi connectivity index (χ3v) is 3.92. The summed E-state index contributed by atoms with van der Waals surface area (Å²) in [5.74, 6) is 0.693. The van der Waals surface area contributed by atoms with Crippen molar-refractivity contribution in [2.75, 3.05) is 7.11 Å². The Hall–Kier alpha value is -1.75. The summed E-state index contributed by atoms with van der Waals surface area (Å²) in [6, 6.07) is 7.38. The van der Waals surface area contributed by atoms with E-state index in [1.54, 1.807) is 19.3 Å². The Morgan fingerprint density at radius 3 is 2.76 bits per heavy atom. The highest BCUT2D eigenvalue weighted by Crippen LogP contribution is 2.23. The monoisotopic (exact) mass is 251 g/mol. The van der Waals surface area contributed by atoms with Gasteiger partial charge in [0.2, 0.25) is 0 Å². The molecule has 0 bridgehead atoms. The lowest BCUT2D eigenvalue weighted by molar-refractivity contribution is 0.410. The van der Waals surface area contributed by atoms with E-state index in [2.05, 4.69) is 4.72 Å². The standard InChI is InChI=1S/C12H13NO3S/c1-16-12-7-3-2-5-10(12)9-11-6-4-8-13-17(11,14)15/h2-8,13H,9H2,1H3. The van der Waals surface area contributed by atoms with Gasteiger partial charge in [-0.2, -0.15) is 0 Å². The lowest BCUT2D eigenvalue weighted by Crippen LogP contribution is -2.23. The highest BCUT2D eigenvalue weighted by molar-refractivity contribution is 7.93. The smallest absolute Gasteiger partial charge is 0.257 e. The van der Waals surface area contributed by atoms with Gasteiger partial charge in [-0.05, 0) is 23.8 Å². The summed E-state index contributed by atoms with van der Waals surface area (Å²) in [4.78, 5) is 0.338. The van der Waals surface area contributed by atoms with Crippen molar-refractivity contribution < 1.29 is 13.2 Å². The van der Waals surface area contributed by atoms with Gasteiger partial charge in [-0.25, -0.2) is 8.42 Å². The number of hydrogen-bond acceptors (Lipinski definition) is 3. The second-order valence-corrected chi connectivity index (χ2v) is 5.37. The summed E-state index contributed by atoms with van der Waals surface area (Å²) in [6.45, 7) is 0. The first kappa shape index (κ1) is 11.7. The van der Waals surface area contributed by atoms with Crippen LogP contribution >= 0.6 is 0 Å². The van der Waals surface area contributed by atoms with Crippen molar-refractivity contribution in [1.82, 2.24) is 4.72 Å². The van der Waals surface area contributed by atoms with E-state index in [9.17, 15) is 8.42 Å². The highest BCUT2D eigenvalue weighted by atomic mass is 32.2. The van der Waals surface area contributed by atoms with Crippen LogP contribution in [0, 0.1) is 0 Å². The molecule has 0 saturated heterocycles. The molecular formula is C12H13NO3S. The third-order valence-electron chi connectivity index (χ3n) is 2.50. The quantitative estimate of drug-likeness (QED) is 0.887. The molecule has 0 aromatic heterocycles. The van der Waals surface area contributed by atoms with E-state index in [4.69, 9.17) is 4.74 Å². The first-order valence-corrected chi connectivity index (χ1v) is 6.62. The van der Waals surface area contributed by atoms with Gasteiger partial charge in [-0.3, -0.25) is 4.72 Å². The van der Waals surface area contributed by atoms with Crippen LogP contribution in [-0.4, -0.2) is 15.5 Å². The minimum Gasteiger partial charge on any atom is -0.496 e. The van der Waals surface area contributed by atoms with E-state index < -0.39 is 10.0 Å². The van der Waals surface area contributed by atoms with Gasteiger partial charge in [0, 0.05) is 12.6 Å². The van der Waals surface area contributed by atoms with Crippen LogP contribution in [0.15, 0.2) is 47.5 Å². The van der Waals surface area contributed by atoms with Crippen LogP contribution in [0.2, 0.25) is 0 Å². The molecule has 1 aliphatic rings. The molecule has 17 heavy (non-hydrogen) atoms. The number of hydrogen-bond donors (Lipinski definition) is 1. The van der Waals surface area contributed by atoms with Crippen molar-refractivity contribution in [3.05, 3.63) is 53.1 Å². The van der Waals surface area contributed by atoms with E-state index >= 15 is 0 Å². The van der Waals surface area contributed by atoms with Crippen molar-refractivity contribution in [3.8, 4) is 5.75 Å². The van der Waals surface area contributed by atoms with Gasteiger partial charge in [0.1, 0.15) is 5.75 Å². The molecule has 5 heteroatoms. The molecule has 0 atom stereocenters. The molecule has 4 nitrogen and oxygen atoms in total. The molecule has 0 aliphatic carbocycles. The molecule has 2 rings (SSSR count). The van der Waals surface area contributed by atoms with Gasteiger partial charge in [-0.15, -0.1) is 0 Å². The van der Waals surface area contributed by atoms with Crippen molar-refractivity contribution in [3.63, 3.8) is 0 Å². The molecule has 0 fully saturated rings. The maximum Gasteiger partial charge on any atom is 0.257 e. The Balaban J connectivity index is 2.32.